The van der Waals surface area contributed by atoms with Crippen LogP contribution < -0.4 is 20.9 Å². The highest BCUT2D eigenvalue weighted by Gasteiger charge is 2.45. The molecule has 3 N–H and O–H groups in total. The Hall–Kier alpha value is -4.56. The molecule has 0 saturated carbocycles. The molecule has 0 aliphatic carbocycles. The number of nitrogens with zero attached hydrogens (tertiary/aromatic N) is 3. The average molecular weight is 649 g/mol. The Kier molecular flexibility index (Phi) is 9.73. The number of hydrogen-bond donors (Lipinski definition) is 3. The molecule has 15 heteroatoms. The normalized spacial score (nSPS) is 17.4. The molecule has 1 aliphatic rings. The highest BCUT2D eigenvalue weighted by molar-refractivity contribution is 6.16. The number of ether oxygens (including phenoxy) is 2. The standard InChI is InChI=1S/C31H39F3N6O6/c1-8-17-11-22-24(36-13-17)23(26(44-22)39-28(43)46-30(5,6)7)25(41)38-20-14-35-10-9-21(20)40-15-18(31(32,33)34)12-19(16-40)37-27(42)45-29(2,3)4/h9-11,13-14,18-19H,8,12,15-16H2,1-7H3,(H,37,42)(H,38,41)(H,39,43). The van der Waals surface area contributed by atoms with Crippen LogP contribution in [0.25, 0.3) is 11.1 Å². The van der Waals surface area contributed by atoms with Crippen LogP contribution in [0, 0.1) is 5.92 Å². The van der Waals surface area contributed by atoms with E-state index in [1.165, 1.54) is 23.4 Å². The van der Waals surface area contributed by atoms with Gasteiger partial charge in [0, 0.05) is 25.5 Å². The second-order valence-corrected chi connectivity index (χ2v) is 13.0. The lowest BCUT2D eigenvalue weighted by Gasteiger charge is -2.40. The number of amides is 3. The Morgan fingerprint density at radius 3 is 2.30 bits per heavy atom. The Balaban J connectivity index is 1.66. The number of hydrogen-bond acceptors (Lipinski definition) is 9. The van der Waals surface area contributed by atoms with Crippen molar-refractivity contribution in [3.05, 3.63) is 41.9 Å². The lowest BCUT2D eigenvalue weighted by Crippen LogP contribution is -2.54. The third-order valence-corrected chi connectivity index (χ3v) is 6.86. The average Bonchev–Trinajstić information content (AvgIpc) is 3.27. The number of carbonyl (C=O) groups excluding carboxylic acids is 3. The van der Waals surface area contributed by atoms with Crippen LogP contribution in [0.1, 0.15) is 70.8 Å². The topological polar surface area (TPSA) is 148 Å². The molecular formula is C31H39F3N6O6. The Labute approximate surface area is 264 Å². The summed E-state index contributed by atoms with van der Waals surface area (Å²) in [4.78, 5) is 48.8. The molecule has 12 nitrogen and oxygen atoms in total. The van der Waals surface area contributed by atoms with Crippen LogP contribution in [0.2, 0.25) is 0 Å². The van der Waals surface area contributed by atoms with Crippen molar-refractivity contribution in [3.63, 3.8) is 0 Å². The van der Waals surface area contributed by atoms with Crippen molar-refractivity contribution < 1.29 is 41.4 Å². The minimum atomic E-state index is -4.55. The summed E-state index contributed by atoms with van der Waals surface area (Å²) in [5.41, 5.74) is -0.246. The molecule has 0 aromatic carbocycles. The van der Waals surface area contributed by atoms with Gasteiger partial charge in [-0.2, -0.15) is 13.2 Å². The molecule has 0 radical (unpaired) electrons. The van der Waals surface area contributed by atoms with Gasteiger partial charge in [-0.1, -0.05) is 6.92 Å². The van der Waals surface area contributed by atoms with E-state index in [2.05, 4.69) is 25.9 Å². The number of alkyl halides is 3. The number of alkyl carbamates (subject to hydrolysis) is 1. The van der Waals surface area contributed by atoms with Gasteiger partial charge >= 0.3 is 18.4 Å². The monoisotopic (exact) mass is 648 g/mol. The first-order valence-electron chi connectivity index (χ1n) is 14.8. The van der Waals surface area contributed by atoms with E-state index in [4.69, 9.17) is 13.9 Å². The van der Waals surface area contributed by atoms with Crippen LogP contribution in [-0.2, 0) is 15.9 Å². The first-order chi connectivity index (χ1) is 21.3. The summed E-state index contributed by atoms with van der Waals surface area (Å²) < 4.78 is 58.6. The van der Waals surface area contributed by atoms with Gasteiger partial charge in [0.1, 0.15) is 22.3 Å². The van der Waals surface area contributed by atoms with Crippen molar-refractivity contribution in [2.24, 2.45) is 5.92 Å². The number of nitrogens with one attached hydrogen (secondary N) is 3. The fourth-order valence-corrected chi connectivity index (χ4v) is 4.96. The van der Waals surface area contributed by atoms with Crippen LogP contribution in [0.5, 0.6) is 0 Å². The first kappa shape index (κ1) is 34.3. The van der Waals surface area contributed by atoms with Crippen molar-refractivity contribution in [1.82, 2.24) is 15.3 Å². The van der Waals surface area contributed by atoms with E-state index in [0.29, 0.717) is 6.42 Å². The lowest BCUT2D eigenvalue weighted by atomic mass is 9.93. The predicted octanol–water partition coefficient (Wildman–Crippen LogP) is 6.67. The van der Waals surface area contributed by atoms with Crippen molar-refractivity contribution >= 4 is 46.5 Å². The molecule has 0 spiro atoms. The van der Waals surface area contributed by atoms with E-state index in [0.717, 1.165) is 5.56 Å². The third-order valence-electron chi connectivity index (χ3n) is 6.86. The largest absolute Gasteiger partial charge is 0.444 e. The van der Waals surface area contributed by atoms with E-state index in [1.807, 2.05) is 6.92 Å². The van der Waals surface area contributed by atoms with E-state index in [1.54, 1.807) is 53.8 Å². The Morgan fingerprint density at radius 2 is 1.67 bits per heavy atom. The molecule has 0 bridgehead atoms. The van der Waals surface area contributed by atoms with Gasteiger partial charge in [0.2, 0.25) is 5.88 Å². The van der Waals surface area contributed by atoms with Gasteiger partial charge in [0.05, 0.1) is 29.5 Å². The number of carbonyl (C=O) groups is 3. The highest BCUT2D eigenvalue weighted by atomic mass is 19.4. The summed E-state index contributed by atoms with van der Waals surface area (Å²) in [5, 5.41) is 7.73. The molecule has 4 heterocycles. The Morgan fingerprint density at radius 1 is 1.00 bits per heavy atom. The summed E-state index contributed by atoms with van der Waals surface area (Å²) in [5.74, 6) is -2.76. The zero-order valence-electron chi connectivity index (χ0n) is 26.8. The van der Waals surface area contributed by atoms with Crippen molar-refractivity contribution in [3.8, 4) is 0 Å². The van der Waals surface area contributed by atoms with Crippen LogP contribution in [-0.4, -0.2) is 64.6 Å². The molecule has 1 aliphatic heterocycles. The molecule has 3 amide bonds. The van der Waals surface area contributed by atoms with E-state index in [9.17, 15) is 27.6 Å². The summed E-state index contributed by atoms with van der Waals surface area (Å²) >= 11 is 0. The Bertz CT molecular complexity index is 1590. The van der Waals surface area contributed by atoms with Crippen LogP contribution in [0.15, 0.2) is 35.1 Å². The number of rotatable bonds is 6. The van der Waals surface area contributed by atoms with Gasteiger partial charge in [0.25, 0.3) is 5.91 Å². The zero-order chi connectivity index (χ0) is 34.0. The molecule has 46 heavy (non-hydrogen) atoms. The number of fused-ring (bicyclic) bond motifs is 1. The highest BCUT2D eigenvalue weighted by Crippen LogP contribution is 2.38. The van der Waals surface area contributed by atoms with Crippen molar-refractivity contribution in [2.75, 3.05) is 28.6 Å². The second kappa shape index (κ2) is 13.0. The maximum Gasteiger partial charge on any atom is 0.414 e. The molecule has 2 atom stereocenters. The fourth-order valence-electron chi connectivity index (χ4n) is 4.96. The van der Waals surface area contributed by atoms with Crippen LogP contribution in [0.4, 0.5) is 40.0 Å². The quantitative estimate of drug-likeness (QED) is 0.267. The van der Waals surface area contributed by atoms with Gasteiger partial charge in [-0.3, -0.25) is 20.1 Å². The minimum absolute atomic E-state index is 0.000146. The maximum absolute atomic E-state index is 14.0. The lowest BCUT2D eigenvalue weighted by molar-refractivity contribution is -0.177. The maximum atomic E-state index is 14.0. The van der Waals surface area contributed by atoms with Crippen LogP contribution >= 0.6 is 0 Å². The number of aromatic nitrogens is 2. The number of piperidine rings is 1. The molecule has 4 rings (SSSR count). The van der Waals surface area contributed by atoms with Gasteiger partial charge < -0.3 is 29.4 Å². The fraction of sp³-hybridized carbons (Fsp3) is 0.516. The second-order valence-electron chi connectivity index (χ2n) is 13.0. The summed E-state index contributed by atoms with van der Waals surface area (Å²) in [6.45, 7) is 11.5. The van der Waals surface area contributed by atoms with Crippen molar-refractivity contribution in [1.29, 1.82) is 0 Å². The third kappa shape index (κ3) is 8.79. The number of anilines is 3. The van der Waals surface area contributed by atoms with E-state index in [-0.39, 0.29) is 46.9 Å². The van der Waals surface area contributed by atoms with Gasteiger partial charge in [-0.25, -0.2) is 9.59 Å². The first-order valence-corrected chi connectivity index (χ1v) is 14.8. The molecule has 1 fully saturated rings. The zero-order valence-corrected chi connectivity index (χ0v) is 26.8. The predicted molar refractivity (Wildman–Crippen MR) is 165 cm³/mol. The van der Waals surface area contributed by atoms with Gasteiger partial charge in [-0.15, -0.1) is 0 Å². The van der Waals surface area contributed by atoms with Gasteiger partial charge in [-0.05, 0) is 72.1 Å². The summed E-state index contributed by atoms with van der Waals surface area (Å²) in [6.07, 6.45) is -1.71. The molecule has 250 valence electrons. The van der Waals surface area contributed by atoms with Gasteiger partial charge in [0.15, 0.2) is 5.58 Å². The number of halogens is 3. The van der Waals surface area contributed by atoms with Crippen molar-refractivity contribution in [2.45, 2.75) is 84.7 Å². The molecule has 3 aromatic heterocycles. The minimum Gasteiger partial charge on any atom is -0.444 e. The van der Waals surface area contributed by atoms with E-state index < -0.39 is 54.0 Å². The van der Waals surface area contributed by atoms with Crippen LogP contribution in [0.3, 0.4) is 0 Å². The summed E-state index contributed by atoms with van der Waals surface area (Å²) in [6, 6.07) is 2.25. The number of furan rings is 1. The molecule has 3 aromatic rings. The SMILES string of the molecule is CCc1cnc2c(C(=O)Nc3cnccc3N3CC(NC(=O)OC(C)(C)C)CC(C(F)(F)F)C3)c(NC(=O)OC(C)(C)C)oc2c1. The van der Waals surface area contributed by atoms with E-state index >= 15 is 0 Å². The number of aryl methyl sites for hydroxylation is 1. The smallest absolute Gasteiger partial charge is 0.414 e. The molecular weight excluding hydrogens is 609 g/mol. The summed E-state index contributed by atoms with van der Waals surface area (Å²) in [7, 11) is 0. The molecule has 2 unspecified atom stereocenters. The molecule has 1 saturated heterocycles. The number of pyridine rings is 2.